The van der Waals surface area contributed by atoms with Crippen LogP contribution >= 0.6 is 15.9 Å². The van der Waals surface area contributed by atoms with Crippen molar-refractivity contribution >= 4 is 33.5 Å². The third-order valence-corrected chi connectivity index (χ3v) is 6.18. The highest BCUT2D eigenvalue weighted by molar-refractivity contribution is 9.10. The van der Waals surface area contributed by atoms with E-state index in [-0.39, 0.29) is 23.8 Å². The lowest BCUT2D eigenvalue weighted by Crippen LogP contribution is -2.47. The normalized spacial score (nSPS) is 31.2. The fourth-order valence-corrected chi connectivity index (χ4v) is 5.38. The first kappa shape index (κ1) is 16.1. The molecule has 3 aliphatic heterocycles. The molecule has 128 valence electrons. The monoisotopic (exact) mass is 392 g/mol. The van der Waals surface area contributed by atoms with E-state index in [9.17, 15) is 9.59 Å². The lowest BCUT2D eigenvalue weighted by Gasteiger charge is -2.32. The lowest BCUT2D eigenvalue weighted by molar-refractivity contribution is -0.148. The summed E-state index contributed by atoms with van der Waals surface area (Å²) in [6.07, 6.45) is 2.46. The average Bonchev–Trinajstić information content (AvgIpc) is 3.17. The zero-order valence-corrected chi connectivity index (χ0v) is 15.5. The molecule has 1 N–H and O–H groups in total. The van der Waals surface area contributed by atoms with Crippen molar-refractivity contribution in [2.45, 2.75) is 44.7 Å². The molecule has 4 rings (SSSR count). The van der Waals surface area contributed by atoms with E-state index in [2.05, 4.69) is 26.1 Å². The summed E-state index contributed by atoms with van der Waals surface area (Å²) in [7, 11) is 0. The molecule has 2 fully saturated rings. The van der Waals surface area contributed by atoms with Gasteiger partial charge in [0.15, 0.2) is 0 Å². The van der Waals surface area contributed by atoms with Gasteiger partial charge in [-0.15, -0.1) is 0 Å². The Kier molecular flexibility index (Phi) is 3.73. The van der Waals surface area contributed by atoms with E-state index in [1.54, 1.807) is 0 Å². The average molecular weight is 393 g/mol. The molecule has 1 spiro atoms. The number of amides is 1. The summed E-state index contributed by atoms with van der Waals surface area (Å²) in [6.45, 7) is 5.05. The molecule has 0 aromatic heterocycles. The molecule has 0 saturated carbocycles. The molecule has 5 nitrogen and oxygen atoms in total. The Balaban J connectivity index is 1.84. The van der Waals surface area contributed by atoms with E-state index < -0.39 is 5.54 Å². The lowest BCUT2D eigenvalue weighted by atomic mass is 9.84. The van der Waals surface area contributed by atoms with Crippen LogP contribution in [0, 0.1) is 12.8 Å². The zero-order chi connectivity index (χ0) is 17.1. The molecule has 1 amide bonds. The topological polar surface area (TPSA) is 58.6 Å². The van der Waals surface area contributed by atoms with Gasteiger partial charge in [0.25, 0.3) is 0 Å². The summed E-state index contributed by atoms with van der Waals surface area (Å²) in [6, 6.07) is 4.14. The van der Waals surface area contributed by atoms with E-state index in [1.807, 2.05) is 26.0 Å². The molecule has 3 aliphatic rings. The molecule has 0 radical (unpaired) electrons. The van der Waals surface area contributed by atoms with Crippen LogP contribution in [-0.4, -0.2) is 36.0 Å². The molecule has 1 aromatic carbocycles. The first-order valence-corrected chi connectivity index (χ1v) is 9.33. The molecule has 24 heavy (non-hydrogen) atoms. The number of carbonyl (C=O) groups is 2. The summed E-state index contributed by atoms with van der Waals surface area (Å²) in [5.74, 6) is -0.403. The number of nitrogens with one attached hydrogen (secondary N) is 1. The number of halogens is 1. The van der Waals surface area contributed by atoms with Gasteiger partial charge in [0.1, 0.15) is 5.54 Å². The third kappa shape index (κ3) is 2.02. The number of carbonyl (C=O) groups excluding carboxylic acids is 2. The van der Waals surface area contributed by atoms with Gasteiger partial charge in [0.2, 0.25) is 5.91 Å². The number of benzene rings is 1. The molecule has 2 saturated heterocycles. The van der Waals surface area contributed by atoms with Gasteiger partial charge in [-0.3, -0.25) is 14.5 Å². The summed E-state index contributed by atoms with van der Waals surface area (Å²) in [4.78, 5) is 27.8. The van der Waals surface area contributed by atoms with Gasteiger partial charge < -0.3 is 10.1 Å². The molecule has 0 unspecified atom stereocenters. The van der Waals surface area contributed by atoms with Gasteiger partial charge in [0.05, 0.1) is 12.5 Å². The number of hydrogen-bond donors (Lipinski definition) is 1. The summed E-state index contributed by atoms with van der Waals surface area (Å²) in [5, 5.41) is 3.08. The predicted octanol–water partition coefficient (Wildman–Crippen LogP) is 2.95. The molecule has 3 atom stereocenters. The SMILES string of the molecule is CCOC(=O)[C@H]1C[C@]2(C(=O)Nc3c(C)cc(Br)cc32)N2CCC[C@@H]12. The summed E-state index contributed by atoms with van der Waals surface area (Å²) >= 11 is 3.56. The minimum atomic E-state index is -0.734. The fourth-order valence-electron chi connectivity index (χ4n) is 4.81. The van der Waals surface area contributed by atoms with Crippen LogP contribution in [0.1, 0.15) is 37.3 Å². The van der Waals surface area contributed by atoms with Crippen molar-refractivity contribution < 1.29 is 14.3 Å². The minimum absolute atomic E-state index is 0.00241. The number of aryl methyl sites for hydroxylation is 1. The highest BCUT2D eigenvalue weighted by Crippen LogP contribution is 2.55. The van der Waals surface area contributed by atoms with Crippen molar-refractivity contribution in [3.63, 3.8) is 0 Å². The van der Waals surface area contributed by atoms with Gasteiger partial charge in [-0.1, -0.05) is 15.9 Å². The van der Waals surface area contributed by atoms with E-state index >= 15 is 0 Å². The Morgan fingerprint density at radius 3 is 3.04 bits per heavy atom. The van der Waals surface area contributed by atoms with Crippen molar-refractivity contribution in [2.75, 3.05) is 18.5 Å². The molecule has 3 heterocycles. The number of rotatable bonds is 2. The molecular weight excluding hydrogens is 372 g/mol. The van der Waals surface area contributed by atoms with Crippen LogP contribution in [0.2, 0.25) is 0 Å². The Morgan fingerprint density at radius 1 is 1.50 bits per heavy atom. The van der Waals surface area contributed by atoms with Crippen LogP contribution < -0.4 is 5.32 Å². The quantitative estimate of drug-likeness (QED) is 0.785. The predicted molar refractivity (Wildman–Crippen MR) is 93.7 cm³/mol. The van der Waals surface area contributed by atoms with E-state index in [0.717, 1.165) is 40.7 Å². The molecule has 0 aliphatic carbocycles. The highest BCUT2D eigenvalue weighted by Gasteiger charge is 2.63. The van der Waals surface area contributed by atoms with Crippen molar-refractivity contribution in [1.82, 2.24) is 4.90 Å². The van der Waals surface area contributed by atoms with Gasteiger partial charge in [0, 0.05) is 21.8 Å². The molecule has 1 aromatic rings. The van der Waals surface area contributed by atoms with Gasteiger partial charge >= 0.3 is 5.97 Å². The summed E-state index contributed by atoms with van der Waals surface area (Å²) < 4.78 is 6.26. The maximum Gasteiger partial charge on any atom is 0.310 e. The van der Waals surface area contributed by atoms with Crippen LogP contribution in [-0.2, 0) is 19.9 Å². The number of anilines is 1. The fraction of sp³-hybridized carbons (Fsp3) is 0.556. The highest BCUT2D eigenvalue weighted by atomic mass is 79.9. The maximum absolute atomic E-state index is 13.1. The Hall–Kier alpha value is -1.40. The van der Waals surface area contributed by atoms with Crippen molar-refractivity contribution in [3.05, 3.63) is 27.7 Å². The van der Waals surface area contributed by atoms with Crippen molar-refractivity contribution in [1.29, 1.82) is 0 Å². The van der Waals surface area contributed by atoms with Crippen LogP contribution in [0.15, 0.2) is 16.6 Å². The molecule has 6 heteroatoms. The number of ether oxygens (including phenoxy) is 1. The van der Waals surface area contributed by atoms with Crippen LogP contribution in [0.25, 0.3) is 0 Å². The first-order chi connectivity index (χ1) is 11.5. The van der Waals surface area contributed by atoms with E-state index in [0.29, 0.717) is 13.0 Å². The van der Waals surface area contributed by atoms with Crippen LogP contribution in [0.3, 0.4) is 0 Å². The Morgan fingerprint density at radius 2 is 2.29 bits per heavy atom. The second-order valence-electron chi connectivity index (χ2n) is 6.93. The van der Waals surface area contributed by atoms with Crippen molar-refractivity contribution in [3.8, 4) is 0 Å². The van der Waals surface area contributed by atoms with Gasteiger partial charge in [-0.2, -0.15) is 0 Å². The minimum Gasteiger partial charge on any atom is -0.466 e. The Bertz CT molecular complexity index is 735. The zero-order valence-electron chi connectivity index (χ0n) is 13.9. The van der Waals surface area contributed by atoms with Gasteiger partial charge in [-0.05, 0) is 57.4 Å². The molecular formula is C18H21BrN2O3. The second-order valence-corrected chi connectivity index (χ2v) is 7.84. The largest absolute Gasteiger partial charge is 0.466 e. The third-order valence-electron chi connectivity index (χ3n) is 5.72. The maximum atomic E-state index is 13.1. The Labute approximate surface area is 149 Å². The summed E-state index contributed by atoms with van der Waals surface area (Å²) in [5.41, 5.74) is 2.21. The standard InChI is InChI=1S/C18H21BrN2O3/c1-3-24-16(22)12-9-18(21-6-4-5-14(12)21)13-8-11(19)7-10(2)15(13)20-17(18)23/h7-8,12,14H,3-6,9H2,1-2H3,(H,20,23)/t12-,14-,18-/m0/s1. The molecule has 0 bridgehead atoms. The number of fused-ring (bicyclic) bond motifs is 4. The van der Waals surface area contributed by atoms with E-state index in [1.165, 1.54) is 0 Å². The number of nitrogens with zero attached hydrogens (tertiary/aromatic N) is 1. The number of esters is 1. The van der Waals surface area contributed by atoms with Gasteiger partial charge in [-0.25, -0.2) is 0 Å². The van der Waals surface area contributed by atoms with Crippen LogP contribution in [0.5, 0.6) is 0 Å². The smallest absolute Gasteiger partial charge is 0.310 e. The number of hydrogen-bond acceptors (Lipinski definition) is 4. The van der Waals surface area contributed by atoms with E-state index in [4.69, 9.17) is 4.74 Å². The van der Waals surface area contributed by atoms with Crippen LogP contribution in [0.4, 0.5) is 5.69 Å². The van der Waals surface area contributed by atoms with Crippen molar-refractivity contribution in [2.24, 2.45) is 5.92 Å². The first-order valence-electron chi connectivity index (χ1n) is 8.54. The second kappa shape index (κ2) is 5.56.